The second-order valence-corrected chi connectivity index (χ2v) is 6.61. The summed E-state index contributed by atoms with van der Waals surface area (Å²) >= 11 is 3.60. The average molecular weight is 404 g/mol. The van der Waals surface area contributed by atoms with Gasteiger partial charge in [0.15, 0.2) is 0 Å². The van der Waals surface area contributed by atoms with E-state index < -0.39 is 0 Å². The van der Waals surface area contributed by atoms with Crippen LogP contribution in [0.2, 0.25) is 0 Å². The van der Waals surface area contributed by atoms with Crippen LogP contribution in [0.5, 0.6) is 0 Å². The summed E-state index contributed by atoms with van der Waals surface area (Å²) < 4.78 is 2.07. The maximum Gasteiger partial charge on any atom is 0.143 e. The Morgan fingerprint density at radius 1 is 1.14 bits per heavy atom. The summed E-state index contributed by atoms with van der Waals surface area (Å²) in [6.07, 6.45) is 0. The van der Waals surface area contributed by atoms with Crippen LogP contribution in [-0.4, -0.2) is 10.1 Å². The highest BCUT2D eigenvalue weighted by atomic mass is 127. The molecule has 1 N–H and O–H groups in total. The molecule has 102 valence electrons. The van der Waals surface area contributed by atoms with Gasteiger partial charge in [-0.2, -0.15) is 5.26 Å². The Bertz CT molecular complexity index is 842. The number of benzene rings is 2. The summed E-state index contributed by atoms with van der Waals surface area (Å²) in [4.78, 5) is 4.42. The van der Waals surface area contributed by atoms with E-state index in [9.17, 15) is 10.4 Å². The van der Waals surface area contributed by atoms with Crippen molar-refractivity contribution >= 4 is 55.5 Å². The van der Waals surface area contributed by atoms with Gasteiger partial charge in [0, 0.05) is 9.13 Å². The van der Waals surface area contributed by atoms with Gasteiger partial charge in [-0.1, -0.05) is 24.3 Å². The minimum atomic E-state index is -0.0343. The fourth-order valence-corrected chi connectivity index (χ4v) is 3.25. The van der Waals surface area contributed by atoms with E-state index in [-0.39, 0.29) is 11.3 Å². The van der Waals surface area contributed by atoms with Crippen molar-refractivity contribution < 1.29 is 5.11 Å². The molecule has 21 heavy (non-hydrogen) atoms. The molecule has 0 aliphatic carbocycles. The lowest BCUT2D eigenvalue weighted by atomic mass is 10.1. The molecule has 0 saturated carbocycles. The zero-order chi connectivity index (χ0) is 14.8. The first kappa shape index (κ1) is 14.0. The number of para-hydroxylation sites is 1. The molecule has 1 aromatic heterocycles. The van der Waals surface area contributed by atoms with Gasteiger partial charge < -0.3 is 5.11 Å². The Kier molecular flexibility index (Phi) is 3.90. The lowest BCUT2D eigenvalue weighted by molar-refractivity contribution is 0.514. The second-order valence-electron chi connectivity index (χ2n) is 4.33. The standard InChI is InChI=1S/C16H9IN2OS/c17-11-7-5-10(6-8-11)15(20)12(9-18)16-19-13-3-1-2-4-14(13)21-16/h1-8,20H/b15-12+. The Hall–Kier alpha value is -1.91. The Labute approximate surface area is 139 Å². The number of halogens is 1. The molecule has 0 spiro atoms. The van der Waals surface area contributed by atoms with Crippen molar-refractivity contribution in [1.29, 1.82) is 5.26 Å². The fourth-order valence-electron chi connectivity index (χ4n) is 1.93. The monoisotopic (exact) mass is 404 g/mol. The fraction of sp³-hybridized carbons (Fsp3) is 0. The van der Waals surface area contributed by atoms with E-state index in [0.717, 1.165) is 13.8 Å². The van der Waals surface area contributed by atoms with Gasteiger partial charge in [0.05, 0.1) is 10.2 Å². The van der Waals surface area contributed by atoms with Crippen LogP contribution in [0.25, 0.3) is 21.5 Å². The lowest BCUT2D eigenvalue weighted by Gasteiger charge is -2.02. The van der Waals surface area contributed by atoms with Crippen LogP contribution in [0, 0.1) is 14.9 Å². The van der Waals surface area contributed by atoms with Crippen molar-refractivity contribution in [3.63, 3.8) is 0 Å². The van der Waals surface area contributed by atoms with Gasteiger partial charge in [-0.05, 0) is 46.9 Å². The van der Waals surface area contributed by atoms with Gasteiger partial charge in [-0.25, -0.2) is 4.98 Å². The van der Waals surface area contributed by atoms with Crippen molar-refractivity contribution in [3.05, 3.63) is 62.7 Å². The molecule has 0 radical (unpaired) electrons. The number of aromatic nitrogens is 1. The second kappa shape index (κ2) is 5.84. The topological polar surface area (TPSA) is 56.9 Å². The van der Waals surface area contributed by atoms with Crippen molar-refractivity contribution in [2.24, 2.45) is 0 Å². The van der Waals surface area contributed by atoms with Crippen molar-refractivity contribution in [2.45, 2.75) is 0 Å². The van der Waals surface area contributed by atoms with Crippen LogP contribution in [0.15, 0.2) is 48.5 Å². The molecule has 0 unspecified atom stereocenters. The summed E-state index contributed by atoms with van der Waals surface area (Å²) in [6, 6.07) is 17.1. The molecule has 5 heteroatoms. The van der Waals surface area contributed by atoms with E-state index in [2.05, 4.69) is 33.6 Å². The predicted molar refractivity (Wildman–Crippen MR) is 93.8 cm³/mol. The third-order valence-corrected chi connectivity index (χ3v) is 4.75. The highest BCUT2D eigenvalue weighted by Crippen LogP contribution is 2.30. The number of nitrogens with zero attached hydrogens (tertiary/aromatic N) is 2. The molecule has 0 bridgehead atoms. The van der Waals surface area contributed by atoms with Crippen molar-refractivity contribution in [1.82, 2.24) is 4.98 Å². The van der Waals surface area contributed by atoms with Crippen LogP contribution in [0.3, 0.4) is 0 Å². The normalized spacial score (nSPS) is 12.0. The summed E-state index contributed by atoms with van der Waals surface area (Å²) in [5.41, 5.74) is 1.66. The van der Waals surface area contributed by atoms with Crippen LogP contribution < -0.4 is 0 Å². The quantitative estimate of drug-likeness (QED) is 0.378. The van der Waals surface area contributed by atoms with Gasteiger partial charge in [0.1, 0.15) is 22.4 Å². The SMILES string of the molecule is N#C/C(=C(\O)c1ccc(I)cc1)c1nc2ccccc2s1. The zero-order valence-electron chi connectivity index (χ0n) is 10.7. The summed E-state index contributed by atoms with van der Waals surface area (Å²) in [7, 11) is 0. The molecule has 3 nitrogen and oxygen atoms in total. The first-order valence-corrected chi connectivity index (χ1v) is 8.04. The number of aliphatic hydroxyl groups excluding tert-OH is 1. The van der Waals surface area contributed by atoms with Gasteiger partial charge in [0.2, 0.25) is 0 Å². The van der Waals surface area contributed by atoms with E-state index in [4.69, 9.17) is 0 Å². The van der Waals surface area contributed by atoms with E-state index in [1.165, 1.54) is 11.3 Å². The van der Waals surface area contributed by atoms with Gasteiger partial charge in [-0.3, -0.25) is 0 Å². The van der Waals surface area contributed by atoms with Crippen LogP contribution in [0.1, 0.15) is 10.6 Å². The Morgan fingerprint density at radius 2 is 1.86 bits per heavy atom. The summed E-state index contributed by atoms with van der Waals surface area (Å²) in [5.74, 6) is -0.0343. The number of rotatable bonds is 2. The number of allylic oxidation sites excluding steroid dienone is 1. The van der Waals surface area contributed by atoms with E-state index in [1.54, 1.807) is 12.1 Å². The number of hydrogen-bond donors (Lipinski definition) is 1. The molecule has 0 amide bonds. The lowest BCUT2D eigenvalue weighted by Crippen LogP contribution is -1.90. The molecule has 1 heterocycles. The highest BCUT2D eigenvalue weighted by Gasteiger charge is 2.14. The van der Waals surface area contributed by atoms with Crippen LogP contribution >= 0.6 is 33.9 Å². The summed E-state index contributed by atoms with van der Waals surface area (Å²) in [5, 5.41) is 20.3. The molecule has 3 aromatic rings. The van der Waals surface area contributed by atoms with Crippen molar-refractivity contribution in [3.8, 4) is 6.07 Å². The van der Waals surface area contributed by atoms with Crippen LogP contribution in [-0.2, 0) is 0 Å². The van der Waals surface area contributed by atoms with Gasteiger partial charge in [0.25, 0.3) is 0 Å². The molecular formula is C16H9IN2OS. The zero-order valence-corrected chi connectivity index (χ0v) is 13.7. The smallest absolute Gasteiger partial charge is 0.143 e. The minimum absolute atomic E-state index is 0.0343. The third-order valence-electron chi connectivity index (χ3n) is 2.97. The van der Waals surface area contributed by atoms with E-state index in [1.807, 2.05) is 36.4 Å². The van der Waals surface area contributed by atoms with Gasteiger partial charge in [-0.15, -0.1) is 11.3 Å². The molecule has 0 atom stereocenters. The molecule has 0 saturated heterocycles. The molecular weight excluding hydrogens is 395 g/mol. The molecule has 0 aliphatic heterocycles. The largest absolute Gasteiger partial charge is 0.506 e. The predicted octanol–water partition coefficient (Wildman–Crippen LogP) is 4.85. The number of fused-ring (bicyclic) bond motifs is 1. The average Bonchev–Trinajstić information content (AvgIpc) is 2.92. The maximum absolute atomic E-state index is 10.4. The highest BCUT2D eigenvalue weighted by molar-refractivity contribution is 14.1. The first-order chi connectivity index (χ1) is 10.2. The summed E-state index contributed by atoms with van der Waals surface area (Å²) in [6.45, 7) is 0. The minimum Gasteiger partial charge on any atom is -0.506 e. The Balaban J connectivity index is 2.14. The van der Waals surface area contributed by atoms with Crippen molar-refractivity contribution in [2.75, 3.05) is 0 Å². The van der Waals surface area contributed by atoms with E-state index in [0.29, 0.717) is 10.6 Å². The van der Waals surface area contributed by atoms with Crippen LogP contribution in [0.4, 0.5) is 0 Å². The third kappa shape index (κ3) is 2.77. The number of aliphatic hydroxyl groups is 1. The number of hydrogen-bond acceptors (Lipinski definition) is 4. The molecule has 0 aliphatic rings. The van der Waals surface area contributed by atoms with Gasteiger partial charge >= 0.3 is 0 Å². The molecule has 0 fully saturated rings. The Morgan fingerprint density at radius 3 is 2.52 bits per heavy atom. The number of nitriles is 1. The number of thiazole rings is 1. The molecule has 2 aromatic carbocycles. The van der Waals surface area contributed by atoms with E-state index >= 15 is 0 Å². The molecule has 3 rings (SSSR count). The maximum atomic E-state index is 10.4. The first-order valence-electron chi connectivity index (χ1n) is 6.14.